The zero-order valence-corrected chi connectivity index (χ0v) is 9.24. The lowest BCUT2D eigenvalue weighted by atomic mass is 10.2. The van der Waals surface area contributed by atoms with Gasteiger partial charge in [0.1, 0.15) is 5.76 Å². The van der Waals surface area contributed by atoms with Crippen LogP contribution in [0, 0.1) is 5.92 Å². The molecule has 0 radical (unpaired) electrons. The molecule has 0 saturated carbocycles. The molecule has 1 amide bonds. The third-order valence-corrected chi connectivity index (χ3v) is 3.26. The fraction of sp³-hybridized carbons (Fsp3) is 0.556. The van der Waals surface area contributed by atoms with Crippen LogP contribution in [0.5, 0.6) is 0 Å². The van der Waals surface area contributed by atoms with Gasteiger partial charge in [0.05, 0.1) is 12.7 Å². The molecule has 1 unspecified atom stereocenters. The van der Waals surface area contributed by atoms with Gasteiger partial charge in [0, 0.05) is 18.3 Å². The van der Waals surface area contributed by atoms with E-state index in [1.165, 1.54) is 6.39 Å². The van der Waals surface area contributed by atoms with Crippen LogP contribution in [0.2, 0.25) is 0 Å². The molecule has 0 aromatic carbocycles. The maximum Gasteiger partial charge on any atom is 0.223 e. The van der Waals surface area contributed by atoms with E-state index in [0.717, 1.165) is 17.6 Å². The van der Waals surface area contributed by atoms with Gasteiger partial charge in [-0.15, -0.1) is 0 Å². The van der Waals surface area contributed by atoms with E-state index in [-0.39, 0.29) is 5.91 Å². The van der Waals surface area contributed by atoms with E-state index in [0.29, 0.717) is 18.9 Å². The van der Waals surface area contributed by atoms with E-state index in [1.54, 1.807) is 6.20 Å². The normalized spacial score (nSPS) is 21.9. The van der Waals surface area contributed by atoms with Gasteiger partial charge in [-0.05, 0) is 5.92 Å². The molecule has 0 aliphatic carbocycles. The maximum atomic E-state index is 11.5. The molecule has 1 aromatic rings. The summed E-state index contributed by atoms with van der Waals surface area (Å²) in [7, 11) is 0. The van der Waals surface area contributed by atoms with Crippen molar-refractivity contribution in [2.24, 2.45) is 5.92 Å². The third kappa shape index (κ3) is 1.97. The Balaban J connectivity index is 1.96. The van der Waals surface area contributed by atoms with E-state index in [4.69, 9.17) is 4.42 Å². The molecule has 14 heavy (non-hydrogen) atoms. The molecule has 1 aromatic heterocycles. The Morgan fingerprint density at radius 2 is 2.57 bits per heavy atom. The lowest BCUT2D eigenvalue weighted by Gasteiger charge is -2.13. The molecule has 0 N–H and O–H groups in total. The van der Waals surface area contributed by atoms with Crippen LogP contribution >= 0.6 is 15.9 Å². The molecule has 2 rings (SSSR count). The summed E-state index contributed by atoms with van der Waals surface area (Å²) in [6, 6.07) is 0. The third-order valence-electron chi connectivity index (χ3n) is 2.34. The Bertz CT molecular complexity index is 313. The average Bonchev–Trinajstić information content (AvgIpc) is 2.78. The van der Waals surface area contributed by atoms with Gasteiger partial charge in [0.15, 0.2) is 6.39 Å². The lowest BCUT2D eigenvalue weighted by molar-refractivity contribution is -0.128. The summed E-state index contributed by atoms with van der Waals surface area (Å²) in [5.74, 6) is 1.38. The average molecular weight is 259 g/mol. The van der Waals surface area contributed by atoms with Crippen molar-refractivity contribution in [1.29, 1.82) is 0 Å². The summed E-state index contributed by atoms with van der Waals surface area (Å²) >= 11 is 3.39. The first kappa shape index (κ1) is 9.71. The Kier molecular flexibility index (Phi) is 2.86. The van der Waals surface area contributed by atoms with Crippen LogP contribution in [-0.2, 0) is 11.3 Å². The van der Waals surface area contributed by atoms with Crippen molar-refractivity contribution in [3.05, 3.63) is 18.4 Å². The van der Waals surface area contributed by atoms with E-state index < -0.39 is 0 Å². The van der Waals surface area contributed by atoms with Gasteiger partial charge < -0.3 is 9.32 Å². The highest BCUT2D eigenvalue weighted by Crippen LogP contribution is 2.21. The van der Waals surface area contributed by atoms with Gasteiger partial charge >= 0.3 is 0 Å². The Labute approximate surface area is 90.4 Å². The number of hydrogen-bond acceptors (Lipinski definition) is 3. The predicted octanol–water partition coefficient (Wildman–Crippen LogP) is 1.42. The number of likely N-dealkylation sites (tertiary alicyclic amines) is 1. The number of alkyl halides is 1. The molecule has 1 saturated heterocycles. The number of carbonyl (C=O) groups excluding carboxylic acids is 1. The molecule has 0 spiro atoms. The van der Waals surface area contributed by atoms with Crippen molar-refractivity contribution in [1.82, 2.24) is 9.88 Å². The second kappa shape index (κ2) is 4.13. The second-order valence-corrected chi connectivity index (χ2v) is 4.11. The van der Waals surface area contributed by atoms with Gasteiger partial charge in [0.2, 0.25) is 5.91 Å². The molecule has 0 bridgehead atoms. The molecule has 1 fully saturated rings. The van der Waals surface area contributed by atoms with E-state index in [2.05, 4.69) is 20.9 Å². The van der Waals surface area contributed by atoms with Gasteiger partial charge in [-0.1, -0.05) is 15.9 Å². The van der Waals surface area contributed by atoms with Crippen LogP contribution in [0.4, 0.5) is 0 Å². The summed E-state index contributed by atoms with van der Waals surface area (Å²) < 4.78 is 5.10. The van der Waals surface area contributed by atoms with Crippen LogP contribution < -0.4 is 0 Å². The van der Waals surface area contributed by atoms with Gasteiger partial charge in [-0.3, -0.25) is 4.79 Å². The molecule has 4 nitrogen and oxygen atoms in total. The minimum atomic E-state index is 0.200. The zero-order valence-electron chi connectivity index (χ0n) is 7.65. The van der Waals surface area contributed by atoms with E-state index >= 15 is 0 Å². The standard InChI is InChI=1S/C9H11BrN2O2/c10-2-7-1-9(13)12(4-7)5-8-3-11-6-14-8/h3,6-7H,1-2,4-5H2. The van der Waals surface area contributed by atoms with E-state index in [9.17, 15) is 4.79 Å². The first-order chi connectivity index (χ1) is 6.79. The van der Waals surface area contributed by atoms with Crippen LogP contribution in [0.3, 0.4) is 0 Å². The van der Waals surface area contributed by atoms with Crippen molar-refractivity contribution in [3.63, 3.8) is 0 Å². The molecular weight excluding hydrogens is 248 g/mol. The highest BCUT2D eigenvalue weighted by Gasteiger charge is 2.29. The molecule has 1 aliphatic heterocycles. The Hall–Kier alpha value is -0.840. The smallest absolute Gasteiger partial charge is 0.223 e. The fourth-order valence-corrected chi connectivity index (χ4v) is 2.05. The topological polar surface area (TPSA) is 46.3 Å². The highest BCUT2D eigenvalue weighted by atomic mass is 79.9. The number of hydrogen-bond donors (Lipinski definition) is 0. The monoisotopic (exact) mass is 258 g/mol. The number of oxazole rings is 1. The van der Waals surface area contributed by atoms with Crippen LogP contribution in [0.1, 0.15) is 12.2 Å². The lowest BCUT2D eigenvalue weighted by Crippen LogP contribution is -2.24. The molecular formula is C9H11BrN2O2. The minimum absolute atomic E-state index is 0.200. The molecule has 5 heteroatoms. The number of carbonyl (C=O) groups is 1. The molecule has 1 aliphatic rings. The second-order valence-electron chi connectivity index (χ2n) is 3.47. The summed E-state index contributed by atoms with van der Waals surface area (Å²) in [4.78, 5) is 17.1. The molecule has 1 atom stereocenters. The minimum Gasteiger partial charge on any atom is -0.447 e. The number of nitrogens with zero attached hydrogens (tertiary/aromatic N) is 2. The zero-order chi connectivity index (χ0) is 9.97. The Morgan fingerprint density at radius 3 is 3.14 bits per heavy atom. The number of aromatic nitrogens is 1. The fourth-order valence-electron chi connectivity index (χ4n) is 1.62. The number of amides is 1. The highest BCUT2D eigenvalue weighted by molar-refractivity contribution is 9.09. The largest absolute Gasteiger partial charge is 0.447 e. The SMILES string of the molecule is O=C1CC(CBr)CN1Cc1cnco1. The summed E-state index contributed by atoms with van der Waals surface area (Å²) in [6.45, 7) is 1.35. The van der Waals surface area contributed by atoms with Crippen LogP contribution in [0.15, 0.2) is 17.0 Å². The summed E-state index contributed by atoms with van der Waals surface area (Å²) in [6.07, 6.45) is 3.67. The Morgan fingerprint density at radius 1 is 1.71 bits per heavy atom. The van der Waals surface area contributed by atoms with Gasteiger partial charge in [-0.2, -0.15) is 0 Å². The summed E-state index contributed by atoms with van der Waals surface area (Å²) in [5, 5.41) is 0.881. The first-order valence-electron chi connectivity index (χ1n) is 4.50. The maximum absolute atomic E-state index is 11.5. The molecule has 76 valence electrons. The van der Waals surface area contributed by atoms with Crippen molar-refractivity contribution in [3.8, 4) is 0 Å². The van der Waals surface area contributed by atoms with Crippen molar-refractivity contribution in [2.45, 2.75) is 13.0 Å². The van der Waals surface area contributed by atoms with Crippen molar-refractivity contribution in [2.75, 3.05) is 11.9 Å². The predicted molar refractivity (Wildman–Crippen MR) is 53.8 cm³/mol. The van der Waals surface area contributed by atoms with Crippen molar-refractivity contribution < 1.29 is 9.21 Å². The van der Waals surface area contributed by atoms with E-state index in [1.807, 2.05) is 4.90 Å². The summed E-state index contributed by atoms with van der Waals surface area (Å²) in [5.41, 5.74) is 0. The number of rotatable bonds is 3. The van der Waals surface area contributed by atoms with Gasteiger partial charge in [-0.25, -0.2) is 4.98 Å². The van der Waals surface area contributed by atoms with Crippen LogP contribution in [-0.4, -0.2) is 27.7 Å². The van der Waals surface area contributed by atoms with Crippen LogP contribution in [0.25, 0.3) is 0 Å². The molecule has 2 heterocycles. The quantitative estimate of drug-likeness (QED) is 0.771. The van der Waals surface area contributed by atoms with Crippen molar-refractivity contribution >= 4 is 21.8 Å². The number of halogens is 1. The first-order valence-corrected chi connectivity index (χ1v) is 5.63. The van der Waals surface area contributed by atoms with Gasteiger partial charge in [0.25, 0.3) is 0 Å².